The molecule has 1 aromatic carbocycles. The molecular weight excluding hydrogens is 322 g/mol. The minimum absolute atomic E-state index is 0.183. The molecule has 1 aliphatic heterocycles. The van der Waals surface area contributed by atoms with Gasteiger partial charge in [0.2, 0.25) is 6.79 Å². The van der Waals surface area contributed by atoms with E-state index in [2.05, 4.69) is 15.3 Å². The van der Waals surface area contributed by atoms with Crippen molar-refractivity contribution >= 4 is 21.8 Å². The number of aromatic nitrogens is 2. The standard InChI is InChI=1S/C18H21N3O4/c1-10(2)20-6-11(22)8-23-14-5-15-18(25-9-24-15)17-16(14)12-3-4-19-7-13(12)21-17/h3-5,7,10-11,20-22H,6,8-9H2,1-2H3. The number of pyridine rings is 1. The van der Waals surface area contributed by atoms with Crippen molar-refractivity contribution < 1.29 is 19.3 Å². The first kappa shape index (κ1) is 16.0. The number of hydrogen-bond donors (Lipinski definition) is 3. The summed E-state index contributed by atoms with van der Waals surface area (Å²) in [6.45, 7) is 4.92. The van der Waals surface area contributed by atoms with Gasteiger partial charge >= 0.3 is 0 Å². The molecule has 2 aromatic heterocycles. The number of aliphatic hydroxyl groups is 1. The smallest absolute Gasteiger partial charge is 0.231 e. The van der Waals surface area contributed by atoms with Gasteiger partial charge in [-0.2, -0.15) is 0 Å². The van der Waals surface area contributed by atoms with Gasteiger partial charge in [-0.05, 0) is 6.07 Å². The van der Waals surface area contributed by atoms with Gasteiger partial charge in [0.15, 0.2) is 11.5 Å². The minimum Gasteiger partial charge on any atom is -0.490 e. The molecule has 1 aliphatic rings. The highest BCUT2D eigenvalue weighted by atomic mass is 16.7. The van der Waals surface area contributed by atoms with Crippen molar-refractivity contribution in [1.29, 1.82) is 0 Å². The van der Waals surface area contributed by atoms with E-state index in [4.69, 9.17) is 14.2 Å². The molecule has 25 heavy (non-hydrogen) atoms. The Labute approximate surface area is 144 Å². The monoisotopic (exact) mass is 343 g/mol. The van der Waals surface area contributed by atoms with Crippen molar-refractivity contribution in [3.05, 3.63) is 24.5 Å². The van der Waals surface area contributed by atoms with Crippen LogP contribution in [-0.4, -0.2) is 47.2 Å². The Kier molecular flexibility index (Phi) is 4.10. The van der Waals surface area contributed by atoms with Crippen molar-refractivity contribution in [3.63, 3.8) is 0 Å². The summed E-state index contributed by atoms with van der Waals surface area (Å²) >= 11 is 0. The third-order valence-electron chi connectivity index (χ3n) is 4.17. The third kappa shape index (κ3) is 2.96. The van der Waals surface area contributed by atoms with Gasteiger partial charge in [0.05, 0.1) is 22.6 Å². The van der Waals surface area contributed by atoms with Crippen LogP contribution in [0.3, 0.4) is 0 Å². The molecule has 132 valence electrons. The van der Waals surface area contributed by atoms with E-state index < -0.39 is 6.10 Å². The molecule has 7 nitrogen and oxygen atoms in total. The molecule has 3 aromatic rings. The molecular formula is C18H21N3O4. The summed E-state index contributed by atoms with van der Waals surface area (Å²) in [7, 11) is 0. The molecule has 3 heterocycles. The van der Waals surface area contributed by atoms with Crippen LogP contribution in [0, 0.1) is 0 Å². The lowest BCUT2D eigenvalue weighted by molar-refractivity contribution is 0.105. The summed E-state index contributed by atoms with van der Waals surface area (Å²) in [4.78, 5) is 7.48. The van der Waals surface area contributed by atoms with Gasteiger partial charge in [-0.3, -0.25) is 4.98 Å². The highest BCUT2D eigenvalue weighted by Gasteiger charge is 2.24. The maximum atomic E-state index is 10.1. The second-order valence-corrected chi connectivity index (χ2v) is 6.43. The van der Waals surface area contributed by atoms with Gasteiger partial charge in [-0.25, -0.2) is 0 Å². The van der Waals surface area contributed by atoms with E-state index in [1.165, 1.54) is 0 Å². The van der Waals surface area contributed by atoms with Crippen molar-refractivity contribution in [2.75, 3.05) is 19.9 Å². The molecule has 7 heteroatoms. The van der Waals surface area contributed by atoms with Crippen LogP contribution in [0.15, 0.2) is 24.5 Å². The quantitative estimate of drug-likeness (QED) is 0.636. The molecule has 0 saturated heterocycles. The van der Waals surface area contributed by atoms with Crippen LogP contribution in [0.2, 0.25) is 0 Å². The highest BCUT2D eigenvalue weighted by molar-refractivity contribution is 6.13. The lowest BCUT2D eigenvalue weighted by Gasteiger charge is -2.16. The lowest BCUT2D eigenvalue weighted by Crippen LogP contribution is -2.35. The van der Waals surface area contributed by atoms with E-state index in [-0.39, 0.29) is 13.4 Å². The first-order valence-electron chi connectivity index (χ1n) is 8.35. The molecule has 1 atom stereocenters. The Balaban J connectivity index is 1.69. The summed E-state index contributed by atoms with van der Waals surface area (Å²) in [6, 6.07) is 4.06. The number of nitrogens with zero attached hydrogens (tertiary/aromatic N) is 1. The minimum atomic E-state index is -0.602. The fraction of sp³-hybridized carbons (Fsp3) is 0.389. The number of hydrogen-bond acceptors (Lipinski definition) is 6. The zero-order chi connectivity index (χ0) is 17.4. The third-order valence-corrected chi connectivity index (χ3v) is 4.17. The van der Waals surface area contributed by atoms with Gasteiger partial charge in [0.1, 0.15) is 18.5 Å². The normalized spacial score (nSPS) is 14.6. The molecule has 0 bridgehead atoms. The first-order chi connectivity index (χ1) is 12.1. The van der Waals surface area contributed by atoms with Gasteiger partial charge in [0.25, 0.3) is 0 Å². The average Bonchev–Trinajstić information content (AvgIpc) is 3.21. The molecule has 0 amide bonds. The molecule has 1 unspecified atom stereocenters. The zero-order valence-electron chi connectivity index (χ0n) is 14.2. The van der Waals surface area contributed by atoms with Gasteiger partial charge < -0.3 is 29.6 Å². The van der Waals surface area contributed by atoms with E-state index in [0.717, 1.165) is 21.8 Å². The van der Waals surface area contributed by atoms with E-state index in [9.17, 15) is 5.11 Å². The maximum Gasteiger partial charge on any atom is 0.231 e. The van der Waals surface area contributed by atoms with Crippen LogP contribution in [-0.2, 0) is 0 Å². The fourth-order valence-corrected chi connectivity index (χ4v) is 2.98. The Bertz CT molecular complexity index is 906. The number of ether oxygens (including phenoxy) is 3. The molecule has 4 rings (SSSR count). The largest absolute Gasteiger partial charge is 0.490 e. The number of nitrogens with one attached hydrogen (secondary N) is 2. The van der Waals surface area contributed by atoms with Crippen LogP contribution in [0.1, 0.15) is 13.8 Å². The second kappa shape index (κ2) is 6.42. The second-order valence-electron chi connectivity index (χ2n) is 6.43. The Hall–Kier alpha value is -2.51. The number of rotatable bonds is 6. The summed E-state index contributed by atoms with van der Waals surface area (Å²) in [5.41, 5.74) is 1.72. The van der Waals surface area contributed by atoms with E-state index in [0.29, 0.717) is 29.8 Å². The van der Waals surface area contributed by atoms with Gasteiger partial charge in [-0.1, -0.05) is 13.8 Å². The van der Waals surface area contributed by atoms with E-state index >= 15 is 0 Å². The Morgan fingerprint density at radius 3 is 3.12 bits per heavy atom. The molecule has 0 radical (unpaired) electrons. The molecule has 0 spiro atoms. The van der Waals surface area contributed by atoms with Crippen molar-refractivity contribution in [2.45, 2.75) is 26.0 Å². The number of benzene rings is 1. The number of aliphatic hydroxyl groups excluding tert-OH is 1. The zero-order valence-corrected chi connectivity index (χ0v) is 14.2. The Morgan fingerprint density at radius 2 is 2.28 bits per heavy atom. The van der Waals surface area contributed by atoms with Crippen LogP contribution >= 0.6 is 0 Å². The average molecular weight is 343 g/mol. The predicted octanol–water partition coefficient (Wildman–Crippen LogP) is 2.18. The van der Waals surface area contributed by atoms with Crippen LogP contribution in [0.5, 0.6) is 17.2 Å². The van der Waals surface area contributed by atoms with Crippen molar-refractivity contribution in [2.24, 2.45) is 0 Å². The van der Waals surface area contributed by atoms with Crippen LogP contribution in [0.4, 0.5) is 0 Å². The maximum absolute atomic E-state index is 10.1. The van der Waals surface area contributed by atoms with Crippen molar-refractivity contribution in [3.8, 4) is 17.2 Å². The highest BCUT2D eigenvalue weighted by Crippen LogP contribution is 2.46. The van der Waals surface area contributed by atoms with Crippen LogP contribution in [0.25, 0.3) is 21.8 Å². The van der Waals surface area contributed by atoms with Gasteiger partial charge in [0, 0.05) is 30.2 Å². The first-order valence-corrected chi connectivity index (χ1v) is 8.35. The Morgan fingerprint density at radius 1 is 1.40 bits per heavy atom. The summed E-state index contributed by atoms with van der Waals surface area (Å²) in [6.07, 6.45) is 2.91. The SMILES string of the molecule is CC(C)NCC(O)COc1cc2c(c3[nH]c4cnccc4c13)OCO2. The molecule has 0 fully saturated rings. The number of aromatic amines is 1. The molecule has 0 saturated carbocycles. The summed E-state index contributed by atoms with van der Waals surface area (Å²) < 4.78 is 17.1. The molecule has 3 N–H and O–H groups in total. The van der Waals surface area contributed by atoms with Crippen molar-refractivity contribution in [1.82, 2.24) is 15.3 Å². The fourth-order valence-electron chi connectivity index (χ4n) is 2.98. The molecule has 0 aliphatic carbocycles. The van der Waals surface area contributed by atoms with E-state index in [1.54, 1.807) is 12.4 Å². The summed E-state index contributed by atoms with van der Waals surface area (Å²) in [5.74, 6) is 1.97. The van der Waals surface area contributed by atoms with Crippen LogP contribution < -0.4 is 19.5 Å². The van der Waals surface area contributed by atoms with E-state index in [1.807, 2.05) is 26.0 Å². The summed E-state index contributed by atoms with van der Waals surface area (Å²) in [5, 5.41) is 15.2. The predicted molar refractivity (Wildman–Crippen MR) is 94.4 cm³/mol. The lowest BCUT2D eigenvalue weighted by atomic mass is 10.1. The number of fused-ring (bicyclic) bond motifs is 5. The van der Waals surface area contributed by atoms with Gasteiger partial charge in [-0.15, -0.1) is 0 Å². The topological polar surface area (TPSA) is 88.6 Å². The number of H-pyrrole nitrogens is 1.